The summed E-state index contributed by atoms with van der Waals surface area (Å²) in [6, 6.07) is 9.69. The summed E-state index contributed by atoms with van der Waals surface area (Å²) in [5.74, 6) is -0.244. The van der Waals surface area contributed by atoms with E-state index in [9.17, 15) is 9.59 Å². The molecule has 2 rings (SSSR count). The predicted molar refractivity (Wildman–Crippen MR) is 78.0 cm³/mol. The van der Waals surface area contributed by atoms with E-state index in [0.717, 1.165) is 6.42 Å². The first kappa shape index (κ1) is 14.1. The molecular weight excluding hydrogens is 252 g/mol. The molecule has 2 aromatic rings. The van der Waals surface area contributed by atoms with Crippen LogP contribution < -0.4 is 5.32 Å². The van der Waals surface area contributed by atoms with Gasteiger partial charge in [0.25, 0.3) is 5.91 Å². The topological polar surface area (TPSA) is 62.0 Å². The summed E-state index contributed by atoms with van der Waals surface area (Å²) >= 11 is 0. The smallest absolute Gasteiger partial charge is 0.267 e. The average Bonchev–Trinajstić information content (AvgIpc) is 2.91. The number of aromatic nitrogens is 1. The van der Waals surface area contributed by atoms with Gasteiger partial charge in [0, 0.05) is 18.3 Å². The van der Waals surface area contributed by atoms with Crippen molar-refractivity contribution in [2.75, 3.05) is 6.54 Å². The van der Waals surface area contributed by atoms with Crippen LogP contribution in [0, 0.1) is 6.92 Å². The Labute approximate surface area is 118 Å². The van der Waals surface area contributed by atoms with Gasteiger partial charge in [-0.05, 0) is 37.5 Å². The molecule has 0 unspecified atom stereocenters. The molecular formula is C16H18N2O2. The molecule has 0 aliphatic rings. The summed E-state index contributed by atoms with van der Waals surface area (Å²) in [7, 11) is 0. The maximum absolute atomic E-state index is 11.9. The molecule has 0 saturated carbocycles. The first-order valence-electron chi connectivity index (χ1n) is 6.60. The molecule has 4 nitrogen and oxygen atoms in total. The Hall–Kier alpha value is -2.36. The van der Waals surface area contributed by atoms with Gasteiger partial charge in [0.2, 0.25) is 0 Å². The molecule has 0 spiro atoms. The highest BCUT2D eigenvalue weighted by Crippen LogP contribution is 2.07. The molecule has 1 aromatic carbocycles. The number of carbonyl (C=O) groups is 2. The van der Waals surface area contributed by atoms with Crippen molar-refractivity contribution in [1.82, 2.24) is 10.3 Å². The second-order valence-corrected chi connectivity index (χ2v) is 4.79. The van der Waals surface area contributed by atoms with E-state index in [1.807, 2.05) is 12.1 Å². The van der Waals surface area contributed by atoms with Gasteiger partial charge in [-0.2, -0.15) is 0 Å². The molecule has 1 heterocycles. The molecule has 0 bridgehead atoms. The number of nitrogens with one attached hydrogen (secondary N) is 2. The van der Waals surface area contributed by atoms with Crippen molar-refractivity contribution in [1.29, 1.82) is 0 Å². The molecule has 0 aliphatic carbocycles. The Kier molecular flexibility index (Phi) is 4.35. The Bertz CT molecular complexity index is 629. The van der Waals surface area contributed by atoms with Crippen molar-refractivity contribution < 1.29 is 9.59 Å². The Morgan fingerprint density at radius 2 is 2.00 bits per heavy atom. The molecule has 0 saturated heterocycles. The van der Waals surface area contributed by atoms with E-state index < -0.39 is 0 Å². The minimum atomic E-state index is -0.189. The highest BCUT2D eigenvalue weighted by Gasteiger charge is 2.10. The number of aryl methyl sites for hydroxylation is 1. The number of ketones is 1. The highest BCUT2D eigenvalue weighted by molar-refractivity contribution is 5.99. The summed E-state index contributed by atoms with van der Waals surface area (Å²) in [4.78, 5) is 25.9. The largest absolute Gasteiger partial charge is 0.356 e. The minimum Gasteiger partial charge on any atom is -0.356 e. The molecule has 0 fully saturated rings. The second-order valence-electron chi connectivity index (χ2n) is 4.79. The summed E-state index contributed by atoms with van der Waals surface area (Å²) < 4.78 is 0. The van der Waals surface area contributed by atoms with E-state index in [1.54, 1.807) is 12.3 Å². The van der Waals surface area contributed by atoms with Crippen LogP contribution in [0.15, 0.2) is 36.5 Å². The molecule has 20 heavy (non-hydrogen) atoms. The van der Waals surface area contributed by atoms with Crippen molar-refractivity contribution in [2.45, 2.75) is 20.3 Å². The Morgan fingerprint density at radius 3 is 2.65 bits per heavy atom. The number of hydrogen-bond acceptors (Lipinski definition) is 2. The maximum atomic E-state index is 11.9. The molecule has 2 N–H and O–H groups in total. The lowest BCUT2D eigenvalue weighted by Crippen LogP contribution is -2.26. The average molecular weight is 270 g/mol. The van der Waals surface area contributed by atoms with E-state index >= 15 is 0 Å². The van der Waals surface area contributed by atoms with Gasteiger partial charge in [0.15, 0.2) is 5.78 Å². The lowest BCUT2D eigenvalue weighted by molar-refractivity contribution is 0.0949. The molecule has 4 heteroatoms. The van der Waals surface area contributed by atoms with Crippen molar-refractivity contribution in [2.24, 2.45) is 0 Å². The van der Waals surface area contributed by atoms with Gasteiger partial charge >= 0.3 is 0 Å². The molecule has 0 radical (unpaired) electrons. The number of amides is 1. The predicted octanol–water partition coefficient (Wildman–Crippen LogP) is 2.50. The lowest BCUT2D eigenvalue weighted by atomic mass is 10.1. The van der Waals surface area contributed by atoms with Crippen LogP contribution in [0.2, 0.25) is 0 Å². The van der Waals surface area contributed by atoms with Gasteiger partial charge in [0.1, 0.15) is 5.69 Å². The first-order chi connectivity index (χ1) is 9.58. The van der Waals surface area contributed by atoms with Gasteiger partial charge in [-0.3, -0.25) is 9.59 Å². The van der Waals surface area contributed by atoms with Crippen molar-refractivity contribution in [3.05, 3.63) is 58.9 Å². The third kappa shape index (κ3) is 3.35. The second kappa shape index (κ2) is 6.19. The van der Waals surface area contributed by atoms with E-state index in [-0.39, 0.29) is 11.7 Å². The van der Waals surface area contributed by atoms with Gasteiger partial charge in [-0.15, -0.1) is 0 Å². The van der Waals surface area contributed by atoms with Crippen LogP contribution in [0.25, 0.3) is 0 Å². The van der Waals surface area contributed by atoms with Crippen molar-refractivity contribution in [3.63, 3.8) is 0 Å². The fraction of sp³-hybridized carbons (Fsp3) is 0.250. The number of benzene rings is 1. The van der Waals surface area contributed by atoms with Crippen LogP contribution in [0.5, 0.6) is 0 Å². The number of hydrogen-bond donors (Lipinski definition) is 2. The zero-order valence-corrected chi connectivity index (χ0v) is 11.7. The van der Waals surface area contributed by atoms with Gasteiger partial charge < -0.3 is 10.3 Å². The molecule has 0 atom stereocenters. The van der Waals surface area contributed by atoms with Crippen molar-refractivity contribution >= 4 is 11.7 Å². The standard InChI is InChI=1S/C16H18N2O2/c1-11-5-3-4-6-13(11)7-8-17-16(20)15-9-14(10-18-15)12(2)19/h3-6,9-10,18H,7-8H2,1-2H3,(H,17,20). The number of aromatic amines is 1. The maximum Gasteiger partial charge on any atom is 0.267 e. The van der Waals surface area contributed by atoms with Crippen LogP contribution in [-0.2, 0) is 6.42 Å². The fourth-order valence-corrected chi connectivity index (χ4v) is 2.03. The SMILES string of the molecule is CC(=O)c1c[nH]c(C(=O)NCCc2ccccc2C)c1. The van der Waals surface area contributed by atoms with Crippen LogP contribution in [0.4, 0.5) is 0 Å². The summed E-state index contributed by atoms with van der Waals surface area (Å²) in [6.07, 6.45) is 2.34. The normalized spacial score (nSPS) is 10.3. The summed E-state index contributed by atoms with van der Waals surface area (Å²) in [6.45, 7) is 4.10. The number of Topliss-reactive ketones (excluding diaryl/α,β-unsaturated/α-hetero) is 1. The highest BCUT2D eigenvalue weighted by atomic mass is 16.2. The van der Waals surface area contributed by atoms with E-state index in [2.05, 4.69) is 29.4 Å². The number of H-pyrrole nitrogens is 1. The quantitative estimate of drug-likeness (QED) is 0.820. The monoisotopic (exact) mass is 270 g/mol. The van der Waals surface area contributed by atoms with Crippen LogP contribution in [-0.4, -0.2) is 23.2 Å². The third-order valence-electron chi connectivity index (χ3n) is 3.28. The zero-order chi connectivity index (χ0) is 14.5. The summed E-state index contributed by atoms with van der Waals surface area (Å²) in [5.41, 5.74) is 3.39. The number of rotatable bonds is 5. The van der Waals surface area contributed by atoms with E-state index in [1.165, 1.54) is 18.1 Å². The molecule has 0 aliphatic heterocycles. The van der Waals surface area contributed by atoms with E-state index in [0.29, 0.717) is 17.8 Å². The summed E-state index contributed by atoms with van der Waals surface area (Å²) in [5, 5.41) is 2.85. The Balaban J connectivity index is 1.89. The van der Waals surface area contributed by atoms with Crippen LogP contribution in [0.3, 0.4) is 0 Å². The minimum absolute atomic E-state index is 0.0554. The van der Waals surface area contributed by atoms with Crippen LogP contribution >= 0.6 is 0 Å². The van der Waals surface area contributed by atoms with Crippen LogP contribution in [0.1, 0.15) is 38.9 Å². The zero-order valence-electron chi connectivity index (χ0n) is 11.7. The lowest BCUT2D eigenvalue weighted by Gasteiger charge is -2.06. The van der Waals surface area contributed by atoms with E-state index in [4.69, 9.17) is 0 Å². The van der Waals surface area contributed by atoms with Gasteiger partial charge in [-0.1, -0.05) is 24.3 Å². The number of carbonyl (C=O) groups excluding carboxylic acids is 2. The molecule has 1 aromatic heterocycles. The fourth-order valence-electron chi connectivity index (χ4n) is 2.03. The van der Waals surface area contributed by atoms with Crippen molar-refractivity contribution in [3.8, 4) is 0 Å². The first-order valence-corrected chi connectivity index (χ1v) is 6.60. The molecule has 1 amide bonds. The Morgan fingerprint density at radius 1 is 1.25 bits per heavy atom. The third-order valence-corrected chi connectivity index (χ3v) is 3.28. The van der Waals surface area contributed by atoms with Gasteiger partial charge in [0.05, 0.1) is 0 Å². The van der Waals surface area contributed by atoms with Gasteiger partial charge in [-0.25, -0.2) is 0 Å². The molecule has 104 valence electrons.